The maximum Gasteiger partial charge on any atom is 0.252 e. The van der Waals surface area contributed by atoms with Crippen LogP contribution in [0.1, 0.15) is 24.2 Å². The molecule has 23 heavy (non-hydrogen) atoms. The van der Waals surface area contributed by atoms with Crippen LogP contribution in [0.5, 0.6) is 5.75 Å². The van der Waals surface area contributed by atoms with Crippen LogP contribution in [0, 0.1) is 0 Å². The molecule has 1 heterocycles. The van der Waals surface area contributed by atoms with Gasteiger partial charge in [0.1, 0.15) is 5.75 Å². The highest BCUT2D eigenvalue weighted by atomic mass is 32.2. The topological polar surface area (TPSA) is 92.9 Å². The Morgan fingerprint density at radius 2 is 1.83 bits per heavy atom. The molecule has 0 aromatic heterocycles. The van der Waals surface area contributed by atoms with Crippen molar-refractivity contribution in [3.63, 3.8) is 0 Å². The molecule has 0 spiro atoms. The molecule has 0 aliphatic carbocycles. The molecule has 1 fully saturated rings. The monoisotopic (exact) mass is 341 g/mol. The summed E-state index contributed by atoms with van der Waals surface area (Å²) in [6.45, 7) is 6.42. The number of primary amides is 1. The Kier molecular flexibility index (Phi) is 5.28. The molecule has 1 aliphatic heterocycles. The first-order valence-electron chi connectivity index (χ1n) is 7.49. The van der Waals surface area contributed by atoms with Crippen molar-refractivity contribution in [2.75, 3.05) is 33.3 Å². The van der Waals surface area contributed by atoms with Crippen molar-refractivity contribution in [3.8, 4) is 5.75 Å². The smallest absolute Gasteiger partial charge is 0.252 e. The second kappa shape index (κ2) is 6.86. The van der Waals surface area contributed by atoms with Crippen molar-refractivity contribution in [2.24, 2.45) is 5.73 Å². The van der Waals surface area contributed by atoms with Gasteiger partial charge in [-0.25, -0.2) is 8.42 Å². The van der Waals surface area contributed by atoms with E-state index in [1.807, 2.05) is 0 Å². The van der Waals surface area contributed by atoms with Gasteiger partial charge in [-0.1, -0.05) is 0 Å². The number of hydrogen-bond acceptors (Lipinski definition) is 5. The highest BCUT2D eigenvalue weighted by Crippen LogP contribution is 2.25. The molecule has 2 N–H and O–H groups in total. The molecule has 1 saturated heterocycles. The minimum Gasteiger partial charge on any atom is -0.496 e. The van der Waals surface area contributed by atoms with E-state index in [1.165, 1.54) is 29.6 Å². The fraction of sp³-hybridized carbons (Fsp3) is 0.533. The number of hydrogen-bond donors (Lipinski definition) is 1. The van der Waals surface area contributed by atoms with E-state index in [0.29, 0.717) is 32.2 Å². The zero-order valence-electron chi connectivity index (χ0n) is 13.7. The lowest BCUT2D eigenvalue weighted by molar-refractivity contribution is 0.0997. The van der Waals surface area contributed by atoms with E-state index in [0.717, 1.165) is 0 Å². The Morgan fingerprint density at radius 1 is 1.22 bits per heavy atom. The van der Waals surface area contributed by atoms with Gasteiger partial charge >= 0.3 is 0 Å². The van der Waals surface area contributed by atoms with Crippen LogP contribution < -0.4 is 10.5 Å². The van der Waals surface area contributed by atoms with Gasteiger partial charge in [0.05, 0.1) is 17.6 Å². The fourth-order valence-corrected chi connectivity index (χ4v) is 4.10. The van der Waals surface area contributed by atoms with Crippen LogP contribution in [0.3, 0.4) is 0 Å². The van der Waals surface area contributed by atoms with Gasteiger partial charge < -0.3 is 10.5 Å². The summed E-state index contributed by atoms with van der Waals surface area (Å²) in [5.74, 6) is -0.454. The highest BCUT2D eigenvalue weighted by molar-refractivity contribution is 7.89. The van der Waals surface area contributed by atoms with Gasteiger partial charge in [-0.3, -0.25) is 9.69 Å². The minimum absolute atomic E-state index is 0.0603. The van der Waals surface area contributed by atoms with Crippen LogP contribution in [0.4, 0.5) is 0 Å². The van der Waals surface area contributed by atoms with Gasteiger partial charge in [-0.05, 0) is 32.0 Å². The largest absolute Gasteiger partial charge is 0.496 e. The third-order valence-corrected chi connectivity index (χ3v) is 5.97. The summed E-state index contributed by atoms with van der Waals surface area (Å²) in [6, 6.07) is 4.57. The van der Waals surface area contributed by atoms with E-state index in [2.05, 4.69) is 18.7 Å². The predicted molar refractivity (Wildman–Crippen MR) is 87.0 cm³/mol. The lowest BCUT2D eigenvalue weighted by atomic mass is 10.2. The number of methoxy groups -OCH3 is 1. The standard InChI is InChI=1S/C15H23N3O4S/c1-11(2)17-6-8-18(9-7-17)23(20,21)12-4-5-14(22-3)13(10-12)15(16)19/h4-5,10-11H,6-9H2,1-3H3,(H2,16,19). The lowest BCUT2D eigenvalue weighted by Crippen LogP contribution is -2.50. The summed E-state index contributed by atoms with van der Waals surface area (Å²) in [5.41, 5.74) is 5.36. The summed E-state index contributed by atoms with van der Waals surface area (Å²) >= 11 is 0. The Balaban J connectivity index is 2.27. The molecular formula is C15H23N3O4S. The van der Waals surface area contributed by atoms with E-state index >= 15 is 0 Å². The summed E-state index contributed by atoms with van der Waals surface area (Å²) in [7, 11) is -2.24. The predicted octanol–water partition coefficient (Wildman–Crippen LogP) is 0.509. The molecule has 1 aromatic rings. The molecule has 1 aliphatic rings. The van der Waals surface area contributed by atoms with Gasteiger partial charge in [0, 0.05) is 32.2 Å². The van der Waals surface area contributed by atoms with Crippen LogP contribution in [0.25, 0.3) is 0 Å². The van der Waals surface area contributed by atoms with Gasteiger partial charge in [0.15, 0.2) is 0 Å². The lowest BCUT2D eigenvalue weighted by Gasteiger charge is -2.36. The van der Waals surface area contributed by atoms with Crippen LogP contribution in [-0.2, 0) is 10.0 Å². The molecule has 1 amide bonds. The first-order chi connectivity index (χ1) is 10.8. The summed E-state index contributed by atoms with van der Waals surface area (Å²) in [6.07, 6.45) is 0. The van der Waals surface area contributed by atoms with Gasteiger partial charge in [-0.2, -0.15) is 4.31 Å². The molecule has 0 radical (unpaired) electrons. The Labute approximate surface area is 137 Å². The number of sulfonamides is 1. The zero-order chi connectivity index (χ0) is 17.2. The van der Waals surface area contributed by atoms with Crippen molar-refractivity contribution in [1.29, 1.82) is 0 Å². The van der Waals surface area contributed by atoms with E-state index < -0.39 is 15.9 Å². The van der Waals surface area contributed by atoms with Crippen LogP contribution >= 0.6 is 0 Å². The Bertz CT molecular complexity index is 680. The number of amides is 1. The molecule has 7 nitrogen and oxygen atoms in total. The number of rotatable bonds is 5. The van der Waals surface area contributed by atoms with Crippen LogP contribution in [0.2, 0.25) is 0 Å². The molecule has 2 rings (SSSR count). The molecule has 0 atom stereocenters. The molecule has 0 saturated carbocycles. The SMILES string of the molecule is COc1ccc(S(=O)(=O)N2CCN(C(C)C)CC2)cc1C(N)=O. The third-order valence-electron chi connectivity index (χ3n) is 4.08. The van der Waals surface area contributed by atoms with Crippen molar-refractivity contribution < 1.29 is 17.9 Å². The first kappa shape index (κ1) is 17.7. The summed E-state index contributed by atoms with van der Waals surface area (Å²) in [5, 5.41) is 0. The van der Waals surface area contributed by atoms with Gasteiger partial charge in [0.25, 0.3) is 5.91 Å². The molecule has 1 aromatic carbocycles. The number of carbonyl (C=O) groups excluding carboxylic acids is 1. The van der Waals surface area contributed by atoms with Crippen molar-refractivity contribution >= 4 is 15.9 Å². The van der Waals surface area contributed by atoms with Crippen molar-refractivity contribution in [3.05, 3.63) is 23.8 Å². The van der Waals surface area contributed by atoms with Crippen LogP contribution in [-0.4, -0.2) is 62.9 Å². The number of carbonyl (C=O) groups is 1. The third kappa shape index (κ3) is 3.65. The van der Waals surface area contributed by atoms with E-state index in [1.54, 1.807) is 0 Å². The van der Waals surface area contributed by atoms with Crippen molar-refractivity contribution in [1.82, 2.24) is 9.21 Å². The highest BCUT2D eigenvalue weighted by Gasteiger charge is 2.30. The Hall–Kier alpha value is -1.64. The summed E-state index contributed by atoms with van der Waals surface area (Å²) < 4.78 is 32.0. The first-order valence-corrected chi connectivity index (χ1v) is 8.93. The quantitative estimate of drug-likeness (QED) is 0.842. The molecule has 0 bridgehead atoms. The average Bonchev–Trinajstić information content (AvgIpc) is 2.54. The number of ether oxygens (including phenoxy) is 1. The van der Waals surface area contributed by atoms with Gasteiger partial charge in [0.2, 0.25) is 10.0 Å². The molecule has 128 valence electrons. The number of nitrogens with two attached hydrogens (primary N) is 1. The number of benzene rings is 1. The molecular weight excluding hydrogens is 318 g/mol. The maximum atomic E-state index is 12.8. The van der Waals surface area contributed by atoms with Crippen molar-refractivity contribution in [2.45, 2.75) is 24.8 Å². The minimum atomic E-state index is -3.65. The Morgan fingerprint density at radius 3 is 2.30 bits per heavy atom. The fourth-order valence-electron chi connectivity index (χ4n) is 2.65. The van der Waals surface area contributed by atoms with E-state index in [9.17, 15) is 13.2 Å². The molecule has 8 heteroatoms. The summed E-state index contributed by atoms with van der Waals surface area (Å²) in [4.78, 5) is 13.8. The van der Waals surface area contributed by atoms with E-state index in [4.69, 9.17) is 10.5 Å². The zero-order valence-corrected chi connectivity index (χ0v) is 14.5. The van der Waals surface area contributed by atoms with Gasteiger partial charge in [-0.15, -0.1) is 0 Å². The second-order valence-corrected chi connectivity index (χ2v) is 7.70. The molecule has 0 unspecified atom stereocenters. The van der Waals surface area contributed by atoms with E-state index in [-0.39, 0.29) is 16.2 Å². The normalized spacial score (nSPS) is 17.4. The maximum absolute atomic E-state index is 12.8. The average molecular weight is 341 g/mol. The number of nitrogens with zero attached hydrogens (tertiary/aromatic N) is 2. The number of piperazine rings is 1. The van der Waals surface area contributed by atoms with Crippen LogP contribution in [0.15, 0.2) is 23.1 Å². The second-order valence-electron chi connectivity index (χ2n) is 5.76.